The van der Waals surface area contributed by atoms with E-state index in [1.54, 1.807) is 0 Å². The molecule has 1 atom stereocenters. The first-order valence-electron chi connectivity index (χ1n) is 2.69. The lowest BCUT2D eigenvalue weighted by Gasteiger charge is -2.03. The molecule has 0 fully saturated rings. The largest absolute Gasteiger partial charge is 0.395 e. The molecular formula is C5H11NO3. The van der Waals surface area contributed by atoms with Crippen LogP contribution in [-0.4, -0.2) is 35.3 Å². The Morgan fingerprint density at radius 1 is 1.56 bits per heavy atom. The van der Waals surface area contributed by atoms with Crippen LogP contribution in [0.5, 0.6) is 0 Å². The second-order valence-corrected chi connectivity index (χ2v) is 1.84. The quantitative estimate of drug-likeness (QED) is 0.425. The summed E-state index contributed by atoms with van der Waals surface area (Å²) in [7, 11) is 0. The highest BCUT2D eigenvalue weighted by atomic mass is 16.3. The van der Waals surface area contributed by atoms with Crippen molar-refractivity contribution in [3.8, 4) is 0 Å². The van der Waals surface area contributed by atoms with Crippen LogP contribution in [0, 0.1) is 0 Å². The molecule has 0 aliphatic heterocycles. The maximum absolute atomic E-state index is 10.3. The highest BCUT2D eigenvalue weighted by molar-refractivity contribution is 5.79. The van der Waals surface area contributed by atoms with E-state index >= 15 is 0 Å². The van der Waals surface area contributed by atoms with Gasteiger partial charge in [0.25, 0.3) is 0 Å². The highest BCUT2D eigenvalue weighted by Gasteiger charge is 2.05. The van der Waals surface area contributed by atoms with Gasteiger partial charge in [-0.1, -0.05) is 0 Å². The van der Waals surface area contributed by atoms with Crippen molar-refractivity contribution in [1.82, 2.24) is 0 Å². The van der Waals surface area contributed by atoms with Crippen molar-refractivity contribution in [3.63, 3.8) is 0 Å². The summed E-state index contributed by atoms with van der Waals surface area (Å²) in [6, 6.07) is -0.523. The molecule has 4 N–H and O–H groups in total. The molecule has 4 heteroatoms. The van der Waals surface area contributed by atoms with Crippen molar-refractivity contribution in [2.75, 3.05) is 13.2 Å². The molecule has 1 unspecified atom stereocenters. The number of carbonyl (C=O) groups is 1. The van der Waals surface area contributed by atoms with Crippen LogP contribution in [0.25, 0.3) is 0 Å². The average molecular weight is 133 g/mol. The molecule has 9 heavy (non-hydrogen) atoms. The summed E-state index contributed by atoms with van der Waals surface area (Å²) in [6.07, 6.45) is 0.0486. The molecule has 0 spiro atoms. The zero-order valence-corrected chi connectivity index (χ0v) is 5.08. The Kier molecular flexibility index (Phi) is 4.21. The summed E-state index contributed by atoms with van der Waals surface area (Å²) in [5.74, 6) is -0.337. The number of nitrogens with two attached hydrogens (primary N) is 1. The standard InChI is InChI=1S/C5H11NO3/c6-4(2-7)1-5(9)3-8/h4,7-8H,1-3,6H2. The monoisotopic (exact) mass is 133 g/mol. The van der Waals surface area contributed by atoms with Gasteiger partial charge in [-0.25, -0.2) is 0 Å². The molecule has 0 saturated heterocycles. The van der Waals surface area contributed by atoms with E-state index in [4.69, 9.17) is 15.9 Å². The molecule has 0 aromatic rings. The van der Waals surface area contributed by atoms with Gasteiger partial charge < -0.3 is 15.9 Å². The van der Waals surface area contributed by atoms with Crippen LogP contribution in [0.2, 0.25) is 0 Å². The first-order chi connectivity index (χ1) is 4.20. The number of ketones is 1. The molecule has 0 heterocycles. The summed E-state index contributed by atoms with van der Waals surface area (Å²) >= 11 is 0. The number of aliphatic hydroxyl groups excluding tert-OH is 2. The fraction of sp³-hybridized carbons (Fsp3) is 0.800. The van der Waals surface area contributed by atoms with E-state index in [0.29, 0.717) is 0 Å². The van der Waals surface area contributed by atoms with Crippen molar-refractivity contribution in [1.29, 1.82) is 0 Å². The van der Waals surface area contributed by atoms with Crippen molar-refractivity contribution < 1.29 is 15.0 Å². The van der Waals surface area contributed by atoms with E-state index in [2.05, 4.69) is 0 Å². The molecule has 0 bridgehead atoms. The van der Waals surface area contributed by atoms with Crippen LogP contribution in [0.3, 0.4) is 0 Å². The molecule has 0 aromatic carbocycles. The predicted octanol–water partition coefficient (Wildman–Crippen LogP) is -1.74. The summed E-state index contributed by atoms with van der Waals surface area (Å²) in [6.45, 7) is -0.709. The van der Waals surface area contributed by atoms with E-state index in [-0.39, 0.29) is 18.8 Å². The van der Waals surface area contributed by atoms with Gasteiger partial charge in [0.1, 0.15) is 6.61 Å². The number of aliphatic hydroxyl groups is 2. The number of carbonyl (C=O) groups excluding carboxylic acids is 1. The van der Waals surface area contributed by atoms with Crippen molar-refractivity contribution in [2.45, 2.75) is 12.5 Å². The van der Waals surface area contributed by atoms with Crippen LogP contribution >= 0.6 is 0 Å². The summed E-state index contributed by atoms with van der Waals surface area (Å²) < 4.78 is 0. The van der Waals surface area contributed by atoms with Gasteiger partial charge in [-0.2, -0.15) is 0 Å². The van der Waals surface area contributed by atoms with Gasteiger partial charge >= 0.3 is 0 Å². The molecule has 0 radical (unpaired) electrons. The zero-order chi connectivity index (χ0) is 7.28. The van der Waals surface area contributed by atoms with Crippen LogP contribution in [0.1, 0.15) is 6.42 Å². The van der Waals surface area contributed by atoms with Gasteiger partial charge in [0.2, 0.25) is 0 Å². The van der Waals surface area contributed by atoms with Crippen molar-refractivity contribution in [3.05, 3.63) is 0 Å². The Bertz CT molecular complexity index is 94.2. The lowest BCUT2D eigenvalue weighted by Crippen LogP contribution is -2.28. The van der Waals surface area contributed by atoms with E-state index in [1.807, 2.05) is 0 Å². The molecular weight excluding hydrogens is 122 g/mol. The fourth-order valence-corrected chi connectivity index (χ4v) is 0.422. The maximum atomic E-state index is 10.3. The Morgan fingerprint density at radius 3 is 2.44 bits per heavy atom. The lowest BCUT2D eigenvalue weighted by atomic mass is 10.2. The van der Waals surface area contributed by atoms with E-state index in [1.165, 1.54) is 0 Å². The first kappa shape index (κ1) is 8.55. The van der Waals surface area contributed by atoms with Gasteiger partial charge in [-0.3, -0.25) is 4.79 Å². The molecule has 0 amide bonds. The minimum atomic E-state index is -0.523. The molecule has 0 aromatic heterocycles. The Morgan fingerprint density at radius 2 is 2.11 bits per heavy atom. The van der Waals surface area contributed by atoms with E-state index < -0.39 is 12.6 Å². The number of hydrogen-bond acceptors (Lipinski definition) is 4. The maximum Gasteiger partial charge on any atom is 0.159 e. The zero-order valence-electron chi connectivity index (χ0n) is 5.08. The minimum Gasteiger partial charge on any atom is -0.395 e. The summed E-state index contributed by atoms with van der Waals surface area (Å²) in [4.78, 5) is 10.3. The molecule has 0 rings (SSSR count). The normalized spacial score (nSPS) is 13.2. The van der Waals surface area contributed by atoms with Gasteiger partial charge in [0.15, 0.2) is 5.78 Å². The third-order valence-electron chi connectivity index (χ3n) is 0.901. The second-order valence-electron chi connectivity index (χ2n) is 1.84. The average Bonchev–Trinajstić information content (AvgIpc) is 1.87. The van der Waals surface area contributed by atoms with Crippen LogP contribution in [0.4, 0.5) is 0 Å². The van der Waals surface area contributed by atoms with Crippen LogP contribution in [0.15, 0.2) is 0 Å². The van der Waals surface area contributed by atoms with Crippen LogP contribution in [-0.2, 0) is 4.79 Å². The van der Waals surface area contributed by atoms with E-state index in [0.717, 1.165) is 0 Å². The topological polar surface area (TPSA) is 83.5 Å². The van der Waals surface area contributed by atoms with E-state index in [9.17, 15) is 4.79 Å². The Labute approximate surface area is 53.3 Å². The molecule has 0 saturated carbocycles. The predicted molar refractivity (Wildman–Crippen MR) is 31.8 cm³/mol. The third-order valence-corrected chi connectivity index (χ3v) is 0.901. The lowest BCUT2D eigenvalue weighted by molar-refractivity contribution is -0.122. The highest BCUT2D eigenvalue weighted by Crippen LogP contribution is 1.86. The smallest absolute Gasteiger partial charge is 0.159 e. The molecule has 0 aliphatic rings. The molecule has 54 valence electrons. The fourth-order valence-electron chi connectivity index (χ4n) is 0.422. The SMILES string of the molecule is NC(CO)CC(=O)CO. The van der Waals surface area contributed by atoms with Gasteiger partial charge in [-0.15, -0.1) is 0 Å². The second kappa shape index (κ2) is 4.43. The summed E-state index contributed by atoms with van der Waals surface area (Å²) in [5.41, 5.74) is 5.17. The summed E-state index contributed by atoms with van der Waals surface area (Å²) in [5, 5.41) is 16.5. The minimum absolute atomic E-state index is 0.0486. The number of rotatable bonds is 4. The molecule has 0 aliphatic carbocycles. The number of hydrogen-bond donors (Lipinski definition) is 3. The Balaban J connectivity index is 3.34. The molecule has 4 nitrogen and oxygen atoms in total. The van der Waals surface area contributed by atoms with Crippen LogP contribution < -0.4 is 5.73 Å². The third kappa shape index (κ3) is 4.08. The van der Waals surface area contributed by atoms with Gasteiger partial charge in [0.05, 0.1) is 6.61 Å². The van der Waals surface area contributed by atoms with Crippen molar-refractivity contribution >= 4 is 5.78 Å². The van der Waals surface area contributed by atoms with Crippen molar-refractivity contribution in [2.24, 2.45) is 5.73 Å². The first-order valence-corrected chi connectivity index (χ1v) is 2.69. The Hall–Kier alpha value is -0.450. The number of Topliss-reactive ketones (excluding diaryl/α,β-unsaturated/α-hetero) is 1. The van der Waals surface area contributed by atoms with Gasteiger partial charge in [-0.05, 0) is 0 Å². The van der Waals surface area contributed by atoms with Gasteiger partial charge in [0, 0.05) is 12.5 Å².